The zero-order chi connectivity index (χ0) is 11.1. The maximum atomic E-state index is 12.9. The van der Waals surface area contributed by atoms with Gasteiger partial charge in [-0.1, -0.05) is 19.8 Å². The molecule has 84 valence electrons. The third-order valence-electron chi connectivity index (χ3n) is 2.23. The number of unbranched alkanes of at least 4 members (excludes halogenated alkanes) is 2. The number of aromatic hydroxyl groups is 1. The second kappa shape index (κ2) is 6.40. The van der Waals surface area contributed by atoms with Crippen molar-refractivity contribution in [2.45, 2.75) is 32.7 Å². The first-order valence-corrected chi connectivity index (χ1v) is 5.41. The van der Waals surface area contributed by atoms with Gasteiger partial charge in [0.2, 0.25) is 0 Å². The number of rotatable bonds is 6. The van der Waals surface area contributed by atoms with E-state index in [0.29, 0.717) is 6.54 Å². The van der Waals surface area contributed by atoms with Gasteiger partial charge >= 0.3 is 0 Å². The van der Waals surface area contributed by atoms with Crippen molar-refractivity contribution in [1.29, 1.82) is 0 Å². The lowest BCUT2D eigenvalue weighted by Crippen LogP contribution is -2.14. The predicted octanol–water partition coefficient (Wildman–Crippen LogP) is 2.81. The molecule has 0 bridgehead atoms. The van der Waals surface area contributed by atoms with Crippen molar-refractivity contribution >= 4 is 0 Å². The minimum atomic E-state index is -0.389. The molecule has 2 N–H and O–H groups in total. The Labute approximate surface area is 90.1 Å². The highest BCUT2D eigenvalue weighted by Crippen LogP contribution is 2.14. The van der Waals surface area contributed by atoms with Crippen molar-refractivity contribution in [2.24, 2.45) is 0 Å². The molecule has 0 spiro atoms. The van der Waals surface area contributed by atoms with Gasteiger partial charge in [-0.3, -0.25) is 0 Å². The molecule has 0 saturated heterocycles. The molecular formula is C12H18FNO. The molecule has 1 aromatic carbocycles. The van der Waals surface area contributed by atoms with Crippen LogP contribution in [0.3, 0.4) is 0 Å². The number of nitrogens with one attached hydrogen (secondary N) is 1. The Kier molecular flexibility index (Phi) is 5.12. The molecule has 0 atom stereocenters. The van der Waals surface area contributed by atoms with E-state index in [0.717, 1.165) is 24.6 Å². The molecule has 0 amide bonds. The second-order valence-corrected chi connectivity index (χ2v) is 3.70. The SMILES string of the molecule is CCCCCNCc1cc(O)cc(F)c1. The first kappa shape index (κ1) is 12.0. The fraction of sp³-hybridized carbons (Fsp3) is 0.500. The van der Waals surface area contributed by atoms with Crippen molar-refractivity contribution in [3.63, 3.8) is 0 Å². The molecule has 0 fully saturated rings. The van der Waals surface area contributed by atoms with E-state index in [1.807, 2.05) is 0 Å². The number of hydrogen-bond acceptors (Lipinski definition) is 2. The molecule has 0 unspecified atom stereocenters. The number of halogens is 1. The van der Waals surface area contributed by atoms with E-state index >= 15 is 0 Å². The third-order valence-corrected chi connectivity index (χ3v) is 2.23. The normalized spacial score (nSPS) is 10.5. The van der Waals surface area contributed by atoms with E-state index in [9.17, 15) is 4.39 Å². The van der Waals surface area contributed by atoms with Crippen molar-refractivity contribution < 1.29 is 9.50 Å². The van der Waals surface area contributed by atoms with E-state index in [1.54, 1.807) is 6.07 Å². The summed E-state index contributed by atoms with van der Waals surface area (Å²) in [5.74, 6) is -0.402. The molecule has 0 aromatic heterocycles. The summed E-state index contributed by atoms with van der Waals surface area (Å²) in [5.41, 5.74) is 0.781. The Morgan fingerprint density at radius 3 is 2.73 bits per heavy atom. The van der Waals surface area contributed by atoms with E-state index in [2.05, 4.69) is 12.2 Å². The quantitative estimate of drug-likeness (QED) is 0.709. The molecule has 0 aliphatic heterocycles. The van der Waals surface area contributed by atoms with E-state index in [-0.39, 0.29) is 11.6 Å². The lowest BCUT2D eigenvalue weighted by Gasteiger charge is -2.05. The van der Waals surface area contributed by atoms with Gasteiger partial charge in [0.1, 0.15) is 11.6 Å². The van der Waals surface area contributed by atoms with Crippen LogP contribution >= 0.6 is 0 Å². The van der Waals surface area contributed by atoms with Crippen molar-refractivity contribution in [3.05, 3.63) is 29.6 Å². The topological polar surface area (TPSA) is 32.3 Å². The highest BCUT2D eigenvalue weighted by molar-refractivity contribution is 5.28. The van der Waals surface area contributed by atoms with Gasteiger partial charge in [-0.05, 0) is 30.7 Å². The fourth-order valence-electron chi connectivity index (χ4n) is 1.47. The van der Waals surface area contributed by atoms with Gasteiger partial charge < -0.3 is 10.4 Å². The molecule has 3 heteroatoms. The van der Waals surface area contributed by atoms with Gasteiger partial charge in [-0.25, -0.2) is 4.39 Å². The molecule has 0 aliphatic rings. The van der Waals surface area contributed by atoms with Crippen LogP contribution in [0.25, 0.3) is 0 Å². The largest absolute Gasteiger partial charge is 0.508 e. The minimum absolute atomic E-state index is 0.0136. The molecule has 0 saturated carbocycles. The molecule has 0 radical (unpaired) electrons. The molecule has 1 aromatic rings. The third kappa shape index (κ3) is 4.79. The highest BCUT2D eigenvalue weighted by Gasteiger charge is 1.98. The monoisotopic (exact) mass is 211 g/mol. The van der Waals surface area contributed by atoms with E-state index in [1.165, 1.54) is 18.9 Å². The summed E-state index contributed by atoms with van der Waals surface area (Å²) in [6.45, 7) is 3.70. The zero-order valence-electron chi connectivity index (χ0n) is 9.09. The van der Waals surface area contributed by atoms with Gasteiger partial charge in [0, 0.05) is 12.6 Å². The van der Waals surface area contributed by atoms with Crippen molar-refractivity contribution in [1.82, 2.24) is 5.32 Å². The smallest absolute Gasteiger partial charge is 0.127 e. The van der Waals surface area contributed by atoms with Gasteiger partial charge in [0.25, 0.3) is 0 Å². The lowest BCUT2D eigenvalue weighted by atomic mass is 10.2. The molecule has 0 aliphatic carbocycles. The molecule has 1 rings (SSSR count). The Hall–Kier alpha value is -1.09. The lowest BCUT2D eigenvalue weighted by molar-refractivity contribution is 0.467. The van der Waals surface area contributed by atoms with Gasteiger partial charge in [0.15, 0.2) is 0 Å². The van der Waals surface area contributed by atoms with E-state index < -0.39 is 0 Å². The number of phenolic OH excluding ortho intramolecular Hbond substituents is 1. The summed E-state index contributed by atoms with van der Waals surface area (Å²) >= 11 is 0. The zero-order valence-corrected chi connectivity index (χ0v) is 9.09. The summed E-state index contributed by atoms with van der Waals surface area (Å²) in [5, 5.41) is 12.4. The van der Waals surface area contributed by atoms with Crippen LogP contribution in [0.2, 0.25) is 0 Å². The van der Waals surface area contributed by atoms with Gasteiger partial charge in [-0.15, -0.1) is 0 Å². The first-order valence-electron chi connectivity index (χ1n) is 5.41. The molecule has 15 heavy (non-hydrogen) atoms. The van der Waals surface area contributed by atoms with Gasteiger partial charge in [0.05, 0.1) is 0 Å². The second-order valence-electron chi connectivity index (χ2n) is 3.70. The van der Waals surface area contributed by atoms with Crippen LogP contribution < -0.4 is 5.32 Å². The van der Waals surface area contributed by atoms with Crippen LogP contribution in [0.15, 0.2) is 18.2 Å². The molecule has 2 nitrogen and oxygen atoms in total. The summed E-state index contributed by atoms with van der Waals surface area (Å²) in [7, 11) is 0. The van der Waals surface area contributed by atoms with E-state index in [4.69, 9.17) is 5.11 Å². The summed E-state index contributed by atoms with van der Waals surface area (Å²) in [6.07, 6.45) is 3.54. The first-order chi connectivity index (χ1) is 7.22. The molecular weight excluding hydrogens is 193 g/mol. The van der Waals surface area contributed by atoms with Gasteiger partial charge in [-0.2, -0.15) is 0 Å². The number of hydrogen-bond donors (Lipinski definition) is 2. The minimum Gasteiger partial charge on any atom is -0.508 e. The Balaban J connectivity index is 2.31. The van der Waals surface area contributed by atoms with Crippen LogP contribution in [0.5, 0.6) is 5.75 Å². The van der Waals surface area contributed by atoms with Crippen molar-refractivity contribution in [3.8, 4) is 5.75 Å². The summed E-state index contributed by atoms with van der Waals surface area (Å²) < 4.78 is 12.9. The summed E-state index contributed by atoms with van der Waals surface area (Å²) in [6, 6.07) is 4.13. The Morgan fingerprint density at radius 2 is 2.07 bits per heavy atom. The maximum Gasteiger partial charge on any atom is 0.127 e. The van der Waals surface area contributed by atoms with Crippen LogP contribution in [0.1, 0.15) is 31.7 Å². The molecule has 0 heterocycles. The summed E-state index contributed by atoms with van der Waals surface area (Å²) in [4.78, 5) is 0. The van der Waals surface area contributed by atoms with Crippen LogP contribution in [0, 0.1) is 5.82 Å². The Bertz CT molecular complexity index is 281. The fourth-order valence-corrected chi connectivity index (χ4v) is 1.47. The predicted molar refractivity (Wildman–Crippen MR) is 59.3 cm³/mol. The number of phenols is 1. The number of benzene rings is 1. The maximum absolute atomic E-state index is 12.9. The average Bonchev–Trinajstić information content (AvgIpc) is 2.16. The van der Waals surface area contributed by atoms with Crippen LogP contribution in [0.4, 0.5) is 4.39 Å². The highest BCUT2D eigenvalue weighted by atomic mass is 19.1. The Morgan fingerprint density at radius 1 is 1.27 bits per heavy atom. The van der Waals surface area contributed by atoms with Crippen LogP contribution in [-0.2, 0) is 6.54 Å². The average molecular weight is 211 g/mol. The van der Waals surface area contributed by atoms with Crippen molar-refractivity contribution in [2.75, 3.05) is 6.54 Å². The standard InChI is InChI=1S/C12H18FNO/c1-2-3-4-5-14-9-10-6-11(13)8-12(15)7-10/h6-8,14-15H,2-5,9H2,1H3. The van der Waals surface area contributed by atoms with Crippen LogP contribution in [-0.4, -0.2) is 11.7 Å².